The van der Waals surface area contributed by atoms with Crippen LogP contribution in [0.1, 0.15) is 12.0 Å². The number of nitrogens with zero attached hydrogens (tertiary/aromatic N) is 3. The van der Waals surface area contributed by atoms with Gasteiger partial charge in [0.25, 0.3) is 0 Å². The molecule has 0 bridgehead atoms. The molecule has 90 valence electrons. The van der Waals surface area contributed by atoms with E-state index in [0.29, 0.717) is 19.6 Å². The molecule has 0 aliphatic heterocycles. The van der Waals surface area contributed by atoms with Gasteiger partial charge in [0.2, 0.25) is 5.82 Å². The van der Waals surface area contributed by atoms with E-state index in [1.54, 1.807) is 13.2 Å². The average Bonchev–Trinajstić information content (AvgIpc) is 2.33. The maximum atomic E-state index is 10.8. The first-order chi connectivity index (χ1) is 8.20. The zero-order valence-corrected chi connectivity index (χ0v) is 9.34. The summed E-state index contributed by atoms with van der Waals surface area (Å²) in [6.45, 7) is 1.05. The minimum Gasteiger partial charge on any atom is -0.385 e. The van der Waals surface area contributed by atoms with Gasteiger partial charge < -0.3 is 10.1 Å². The van der Waals surface area contributed by atoms with Crippen LogP contribution in [0.4, 0.5) is 11.5 Å². The second kappa shape index (κ2) is 6.40. The molecule has 0 aliphatic carbocycles. The summed E-state index contributed by atoms with van der Waals surface area (Å²) < 4.78 is 4.86. The largest absolute Gasteiger partial charge is 0.385 e. The predicted octanol–water partition coefficient (Wildman–Crippen LogP) is 1.31. The van der Waals surface area contributed by atoms with Gasteiger partial charge in [0, 0.05) is 26.5 Å². The van der Waals surface area contributed by atoms with Crippen molar-refractivity contribution in [1.82, 2.24) is 4.98 Å². The van der Waals surface area contributed by atoms with Gasteiger partial charge in [0.15, 0.2) is 0 Å². The van der Waals surface area contributed by atoms with Crippen LogP contribution in [0.2, 0.25) is 0 Å². The molecule has 0 saturated carbocycles. The molecule has 7 nitrogen and oxygen atoms in total. The fourth-order valence-corrected chi connectivity index (χ4v) is 1.28. The molecule has 1 rings (SSSR count). The van der Waals surface area contributed by atoms with Gasteiger partial charge in [-0.3, -0.25) is 10.1 Å². The third-order valence-electron chi connectivity index (χ3n) is 2.04. The summed E-state index contributed by atoms with van der Waals surface area (Å²) in [5.74, 6) is 0.116. The van der Waals surface area contributed by atoms with E-state index in [-0.39, 0.29) is 17.1 Å². The normalized spacial score (nSPS) is 9.65. The highest BCUT2D eigenvalue weighted by Gasteiger charge is 2.20. The maximum Gasteiger partial charge on any atom is 0.328 e. The molecule has 0 aromatic carbocycles. The van der Waals surface area contributed by atoms with Crippen LogP contribution in [0.15, 0.2) is 12.3 Å². The molecular formula is C10H12N4O3. The van der Waals surface area contributed by atoms with E-state index in [4.69, 9.17) is 10.00 Å². The number of hydrogen-bond acceptors (Lipinski definition) is 6. The summed E-state index contributed by atoms with van der Waals surface area (Å²) in [5, 5.41) is 22.4. The topological polar surface area (TPSA) is 101 Å². The lowest BCUT2D eigenvalue weighted by Gasteiger charge is -2.06. The average molecular weight is 236 g/mol. The van der Waals surface area contributed by atoms with Gasteiger partial charge in [-0.15, -0.1) is 0 Å². The van der Waals surface area contributed by atoms with E-state index < -0.39 is 4.92 Å². The number of pyridine rings is 1. The molecule has 0 fully saturated rings. The lowest BCUT2D eigenvalue weighted by molar-refractivity contribution is -0.384. The van der Waals surface area contributed by atoms with Gasteiger partial charge in [-0.2, -0.15) is 5.26 Å². The molecule has 1 N–H and O–H groups in total. The summed E-state index contributed by atoms with van der Waals surface area (Å²) in [6.07, 6.45) is 2.07. The molecule has 0 amide bonds. The SMILES string of the molecule is COCCCNc1nccc(C#N)c1[N+](=O)[O-]. The maximum absolute atomic E-state index is 10.8. The van der Waals surface area contributed by atoms with Crippen molar-refractivity contribution in [2.24, 2.45) is 0 Å². The van der Waals surface area contributed by atoms with Crippen LogP contribution in [0, 0.1) is 21.4 Å². The van der Waals surface area contributed by atoms with Gasteiger partial charge in [-0.1, -0.05) is 0 Å². The molecule has 17 heavy (non-hydrogen) atoms. The van der Waals surface area contributed by atoms with Crippen molar-refractivity contribution in [3.8, 4) is 6.07 Å². The Hall–Kier alpha value is -2.20. The van der Waals surface area contributed by atoms with E-state index in [0.717, 1.165) is 0 Å². The lowest BCUT2D eigenvalue weighted by atomic mass is 10.2. The molecule has 0 radical (unpaired) electrons. The first kappa shape index (κ1) is 12.9. The van der Waals surface area contributed by atoms with Crippen molar-refractivity contribution >= 4 is 11.5 Å². The molecule has 0 saturated heterocycles. The Balaban J connectivity index is 2.84. The van der Waals surface area contributed by atoms with Crippen molar-refractivity contribution in [3.05, 3.63) is 27.9 Å². The highest BCUT2D eigenvalue weighted by molar-refractivity contribution is 5.63. The van der Waals surface area contributed by atoms with Crippen molar-refractivity contribution in [3.63, 3.8) is 0 Å². The minimum atomic E-state index is -0.607. The highest BCUT2D eigenvalue weighted by atomic mass is 16.6. The molecular weight excluding hydrogens is 224 g/mol. The standard InChI is InChI=1S/C10H12N4O3/c1-17-6-2-4-12-10-9(14(15)16)8(7-11)3-5-13-10/h3,5H,2,4,6H2,1H3,(H,12,13). The molecule has 0 spiro atoms. The quantitative estimate of drug-likeness (QED) is 0.454. The van der Waals surface area contributed by atoms with Crippen molar-refractivity contribution in [1.29, 1.82) is 5.26 Å². The van der Waals surface area contributed by atoms with Gasteiger partial charge in [-0.05, 0) is 12.5 Å². The van der Waals surface area contributed by atoms with Crippen molar-refractivity contribution < 1.29 is 9.66 Å². The third kappa shape index (κ3) is 3.39. The Labute approximate surface area is 98.2 Å². The number of aromatic nitrogens is 1. The second-order valence-electron chi connectivity index (χ2n) is 3.20. The Bertz CT molecular complexity index is 442. The number of hydrogen-bond donors (Lipinski definition) is 1. The number of rotatable bonds is 6. The smallest absolute Gasteiger partial charge is 0.328 e. The Morgan fingerprint density at radius 2 is 2.47 bits per heavy atom. The van der Waals surface area contributed by atoms with Crippen LogP contribution < -0.4 is 5.32 Å². The molecule has 1 aromatic heterocycles. The zero-order chi connectivity index (χ0) is 12.7. The monoisotopic (exact) mass is 236 g/mol. The van der Waals surface area contributed by atoms with Crippen LogP contribution in [0.3, 0.4) is 0 Å². The van der Waals surface area contributed by atoms with Crippen LogP contribution in [-0.4, -0.2) is 30.2 Å². The summed E-state index contributed by atoms with van der Waals surface area (Å²) in [6, 6.07) is 3.09. The third-order valence-corrected chi connectivity index (χ3v) is 2.04. The summed E-state index contributed by atoms with van der Waals surface area (Å²) in [5.41, 5.74) is -0.286. The number of anilines is 1. The molecule has 1 heterocycles. The van der Waals surface area contributed by atoms with E-state index in [2.05, 4.69) is 10.3 Å². The van der Waals surface area contributed by atoms with Gasteiger partial charge in [-0.25, -0.2) is 4.98 Å². The van der Waals surface area contributed by atoms with Gasteiger partial charge >= 0.3 is 5.69 Å². The zero-order valence-electron chi connectivity index (χ0n) is 9.34. The van der Waals surface area contributed by atoms with E-state index in [9.17, 15) is 10.1 Å². The summed E-state index contributed by atoms with van der Waals surface area (Å²) in [7, 11) is 1.58. The van der Waals surface area contributed by atoms with Crippen LogP contribution in [-0.2, 0) is 4.74 Å². The second-order valence-corrected chi connectivity index (χ2v) is 3.20. The van der Waals surface area contributed by atoms with E-state index in [1.807, 2.05) is 0 Å². The van der Waals surface area contributed by atoms with E-state index >= 15 is 0 Å². The molecule has 7 heteroatoms. The Morgan fingerprint density at radius 3 is 3.06 bits per heavy atom. The fraction of sp³-hybridized carbons (Fsp3) is 0.400. The predicted molar refractivity (Wildman–Crippen MR) is 60.6 cm³/mol. The minimum absolute atomic E-state index is 0.000702. The molecule has 0 aliphatic rings. The van der Waals surface area contributed by atoms with Crippen molar-refractivity contribution in [2.75, 3.05) is 25.6 Å². The van der Waals surface area contributed by atoms with E-state index in [1.165, 1.54) is 12.3 Å². The number of methoxy groups -OCH3 is 1. The highest BCUT2D eigenvalue weighted by Crippen LogP contribution is 2.25. The van der Waals surface area contributed by atoms with Crippen LogP contribution in [0.5, 0.6) is 0 Å². The fourth-order valence-electron chi connectivity index (χ4n) is 1.28. The summed E-state index contributed by atoms with van der Waals surface area (Å²) in [4.78, 5) is 14.1. The van der Waals surface area contributed by atoms with Crippen molar-refractivity contribution in [2.45, 2.75) is 6.42 Å². The first-order valence-electron chi connectivity index (χ1n) is 4.97. The Morgan fingerprint density at radius 1 is 1.71 bits per heavy atom. The number of nitriles is 1. The summed E-state index contributed by atoms with van der Waals surface area (Å²) >= 11 is 0. The van der Waals surface area contributed by atoms with Crippen LogP contribution >= 0.6 is 0 Å². The number of ether oxygens (including phenoxy) is 1. The number of nitro groups is 1. The molecule has 1 aromatic rings. The van der Waals surface area contributed by atoms with Gasteiger partial charge in [0.1, 0.15) is 11.6 Å². The number of nitrogens with one attached hydrogen (secondary N) is 1. The molecule has 0 unspecified atom stereocenters. The van der Waals surface area contributed by atoms with Gasteiger partial charge in [0.05, 0.1) is 4.92 Å². The molecule has 0 atom stereocenters. The lowest BCUT2D eigenvalue weighted by Crippen LogP contribution is -2.09. The Kier molecular flexibility index (Phi) is 4.84. The van der Waals surface area contributed by atoms with Crippen LogP contribution in [0.25, 0.3) is 0 Å². The first-order valence-corrected chi connectivity index (χ1v) is 4.97.